The first kappa shape index (κ1) is 20.9. The van der Waals surface area contributed by atoms with Gasteiger partial charge < -0.3 is 25.0 Å². The second-order valence-electron chi connectivity index (χ2n) is 6.87. The number of hydrogen-bond acceptors (Lipinski definition) is 4. The zero-order chi connectivity index (χ0) is 17.6. The van der Waals surface area contributed by atoms with Crippen LogP contribution in [-0.2, 0) is 0 Å². The lowest BCUT2D eigenvalue weighted by Gasteiger charge is -2.34. The zero-order valence-electron chi connectivity index (χ0n) is 16.0. The van der Waals surface area contributed by atoms with E-state index < -0.39 is 0 Å². The van der Waals surface area contributed by atoms with Gasteiger partial charge in [0.1, 0.15) is 11.5 Å². The molecule has 1 aliphatic carbocycles. The fraction of sp³-hybridized carbons (Fsp3) is 0.632. The van der Waals surface area contributed by atoms with Crippen LogP contribution in [-0.4, -0.2) is 52.9 Å². The molecule has 0 spiro atoms. The topological polar surface area (TPSA) is 58.1 Å². The van der Waals surface area contributed by atoms with E-state index >= 15 is 0 Å². The van der Waals surface area contributed by atoms with Crippen molar-refractivity contribution >= 4 is 35.6 Å². The number of halogens is 1. The van der Waals surface area contributed by atoms with E-state index in [0.29, 0.717) is 6.04 Å². The predicted molar refractivity (Wildman–Crippen MR) is 117 cm³/mol. The van der Waals surface area contributed by atoms with Crippen molar-refractivity contribution in [3.63, 3.8) is 0 Å². The fourth-order valence-electron chi connectivity index (χ4n) is 3.21. The SMILES string of the molecule is CN=C(NCC1CC1)NC1CCN(c2cc(OC)cc(OC)c2)CC1.I. The highest BCUT2D eigenvalue weighted by Crippen LogP contribution is 2.30. The van der Waals surface area contributed by atoms with E-state index in [9.17, 15) is 0 Å². The Hall–Kier alpha value is -1.38. The van der Waals surface area contributed by atoms with E-state index in [2.05, 4.69) is 32.7 Å². The normalized spacial score (nSPS) is 18.1. The highest BCUT2D eigenvalue weighted by Gasteiger charge is 2.23. The Balaban J connectivity index is 0.00000243. The lowest BCUT2D eigenvalue weighted by atomic mass is 10.0. The summed E-state index contributed by atoms with van der Waals surface area (Å²) in [5.41, 5.74) is 1.16. The highest BCUT2D eigenvalue weighted by atomic mass is 127. The number of guanidine groups is 1. The Morgan fingerprint density at radius 3 is 2.19 bits per heavy atom. The zero-order valence-corrected chi connectivity index (χ0v) is 18.3. The van der Waals surface area contributed by atoms with Gasteiger partial charge in [-0.2, -0.15) is 0 Å². The second kappa shape index (κ2) is 10.1. The van der Waals surface area contributed by atoms with Crippen LogP contribution >= 0.6 is 24.0 Å². The third-order valence-electron chi connectivity index (χ3n) is 5.02. The number of aliphatic imine (C=N–C) groups is 1. The number of benzene rings is 1. The highest BCUT2D eigenvalue weighted by molar-refractivity contribution is 14.0. The predicted octanol–water partition coefficient (Wildman–Crippen LogP) is 2.87. The number of hydrogen-bond donors (Lipinski definition) is 2. The Labute approximate surface area is 173 Å². The van der Waals surface area contributed by atoms with Crippen molar-refractivity contribution in [3.05, 3.63) is 18.2 Å². The molecule has 0 bridgehead atoms. The van der Waals surface area contributed by atoms with Crippen LogP contribution < -0.4 is 25.0 Å². The van der Waals surface area contributed by atoms with Crippen LogP contribution in [0.15, 0.2) is 23.2 Å². The largest absolute Gasteiger partial charge is 0.497 e. The quantitative estimate of drug-likeness (QED) is 0.378. The van der Waals surface area contributed by atoms with Gasteiger partial charge in [0.15, 0.2) is 5.96 Å². The molecule has 0 atom stereocenters. The first-order chi connectivity index (χ1) is 12.2. The third kappa shape index (κ3) is 5.82. The maximum Gasteiger partial charge on any atom is 0.191 e. The maximum atomic E-state index is 5.38. The Morgan fingerprint density at radius 2 is 1.69 bits per heavy atom. The molecule has 26 heavy (non-hydrogen) atoms. The average Bonchev–Trinajstić information content (AvgIpc) is 3.49. The van der Waals surface area contributed by atoms with Crippen molar-refractivity contribution in [2.24, 2.45) is 10.9 Å². The van der Waals surface area contributed by atoms with Gasteiger partial charge in [-0.05, 0) is 31.6 Å². The van der Waals surface area contributed by atoms with Crippen molar-refractivity contribution in [1.82, 2.24) is 10.6 Å². The van der Waals surface area contributed by atoms with Gasteiger partial charge in [0.2, 0.25) is 0 Å². The van der Waals surface area contributed by atoms with Crippen LogP contribution in [0.2, 0.25) is 0 Å². The summed E-state index contributed by atoms with van der Waals surface area (Å²) in [6, 6.07) is 6.53. The minimum atomic E-state index is 0. The molecule has 0 amide bonds. The minimum Gasteiger partial charge on any atom is -0.497 e. The molecule has 0 unspecified atom stereocenters. The number of piperidine rings is 1. The van der Waals surface area contributed by atoms with Gasteiger partial charge >= 0.3 is 0 Å². The molecule has 6 nitrogen and oxygen atoms in total. The van der Waals surface area contributed by atoms with Gasteiger partial charge in [0.25, 0.3) is 0 Å². The second-order valence-corrected chi connectivity index (χ2v) is 6.87. The van der Waals surface area contributed by atoms with Crippen LogP contribution in [0, 0.1) is 5.92 Å². The number of rotatable bonds is 6. The molecule has 2 fully saturated rings. The smallest absolute Gasteiger partial charge is 0.191 e. The molecule has 146 valence electrons. The molecular weight excluding hydrogens is 443 g/mol. The number of methoxy groups -OCH3 is 2. The molecule has 1 aliphatic heterocycles. The lowest BCUT2D eigenvalue weighted by Crippen LogP contribution is -2.49. The summed E-state index contributed by atoms with van der Waals surface area (Å²) in [6.45, 7) is 3.06. The van der Waals surface area contributed by atoms with Gasteiger partial charge in [-0.3, -0.25) is 4.99 Å². The molecule has 3 rings (SSSR count). The lowest BCUT2D eigenvalue weighted by molar-refractivity contribution is 0.393. The van der Waals surface area contributed by atoms with Gasteiger partial charge in [0, 0.05) is 56.6 Å². The molecule has 1 aromatic carbocycles. The molecule has 0 aromatic heterocycles. The van der Waals surface area contributed by atoms with E-state index in [1.165, 1.54) is 12.8 Å². The molecule has 7 heteroatoms. The number of nitrogens with zero attached hydrogens (tertiary/aromatic N) is 2. The summed E-state index contributed by atoms with van der Waals surface area (Å²) in [6.07, 6.45) is 4.88. The van der Waals surface area contributed by atoms with Crippen LogP contribution in [0.5, 0.6) is 11.5 Å². The van der Waals surface area contributed by atoms with Gasteiger partial charge in [-0.15, -0.1) is 24.0 Å². The summed E-state index contributed by atoms with van der Waals surface area (Å²) in [5.74, 6) is 3.45. The monoisotopic (exact) mass is 474 g/mol. The first-order valence-corrected chi connectivity index (χ1v) is 9.17. The molecular formula is C19H31IN4O2. The maximum absolute atomic E-state index is 5.38. The fourth-order valence-corrected chi connectivity index (χ4v) is 3.21. The van der Waals surface area contributed by atoms with Crippen LogP contribution in [0.25, 0.3) is 0 Å². The summed E-state index contributed by atoms with van der Waals surface area (Å²) in [7, 11) is 5.23. The first-order valence-electron chi connectivity index (χ1n) is 9.17. The standard InChI is InChI=1S/C19H30N4O2.HI/c1-20-19(21-13-14-4-5-14)22-15-6-8-23(9-7-15)16-10-17(24-2)12-18(11-16)25-3;/h10-12,14-15H,4-9,13H2,1-3H3,(H2,20,21,22);1H. The van der Waals surface area contributed by atoms with Crippen molar-refractivity contribution in [3.8, 4) is 11.5 Å². The average molecular weight is 474 g/mol. The van der Waals surface area contributed by atoms with Crippen LogP contribution in [0.1, 0.15) is 25.7 Å². The number of nitrogens with one attached hydrogen (secondary N) is 2. The van der Waals surface area contributed by atoms with Gasteiger partial charge in [0.05, 0.1) is 14.2 Å². The molecule has 1 aromatic rings. The molecule has 2 aliphatic rings. The summed E-state index contributed by atoms with van der Waals surface area (Å²) >= 11 is 0. The molecule has 0 radical (unpaired) electrons. The van der Waals surface area contributed by atoms with E-state index in [1.807, 2.05) is 13.1 Å². The summed E-state index contributed by atoms with van der Waals surface area (Å²) in [4.78, 5) is 6.74. The third-order valence-corrected chi connectivity index (χ3v) is 5.02. The molecule has 2 N–H and O–H groups in total. The van der Waals surface area contributed by atoms with Crippen molar-refractivity contribution in [2.75, 3.05) is 45.8 Å². The van der Waals surface area contributed by atoms with Gasteiger partial charge in [-0.1, -0.05) is 0 Å². The minimum absolute atomic E-state index is 0. The van der Waals surface area contributed by atoms with Crippen molar-refractivity contribution in [2.45, 2.75) is 31.7 Å². The van der Waals surface area contributed by atoms with E-state index in [0.717, 1.165) is 61.5 Å². The van der Waals surface area contributed by atoms with E-state index in [-0.39, 0.29) is 24.0 Å². The van der Waals surface area contributed by atoms with E-state index in [4.69, 9.17) is 9.47 Å². The van der Waals surface area contributed by atoms with Crippen LogP contribution in [0.3, 0.4) is 0 Å². The number of anilines is 1. The molecule has 1 saturated carbocycles. The number of ether oxygens (including phenoxy) is 2. The van der Waals surface area contributed by atoms with Crippen molar-refractivity contribution < 1.29 is 9.47 Å². The van der Waals surface area contributed by atoms with E-state index in [1.54, 1.807) is 14.2 Å². The summed E-state index contributed by atoms with van der Waals surface area (Å²) in [5, 5.41) is 7.01. The van der Waals surface area contributed by atoms with Crippen LogP contribution in [0.4, 0.5) is 5.69 Å². The Kier molecular flexibility index (Phi) is 8.12. The van der Waals surface area contributed by atoms with Crippen molar-refractivity contribution in [1.29, 1.82) is 0 Å². The Bertz CT molecular complexity index is 577. The Morgan fingerprint density at radius 1 is 1.08 bits per heavy atom. The summed E-state index contributed by atoms with van der Waals surface area (Å²) < 4.78 is 10.8. The molecule has 1 saturated heterocycles. The molecule has 1 heterocycles. The van der Waals surface area contributed by atoms with Gasteiger partial charge in [-0.25, -0.2) is 0 Å².